The Balaban J connectivity index is 2.71. The largest absolute Gasteiger partial charge is 0.497 e. The van der Waals surface area contributed by atoms with Gasteiger partial charge in [-0.2, -0.15) is 0 Å². The van der Waals surface area contributed by atoms with Crippen LogP contribution in [0.2, 0.25) is 0 Å². The van der Waals surface area contributed by atoms with E-state index in [0.717, 1.165) is 18.9 Å². The molecule has 0 saturated heterocycles. The van der Waals surface area contributed by atoms with Gasteiger partial charge >= 0.3 is 0 Å². The Kier molecular flexibility index (Phi) is 6.84. The van der Waals surface area contributed by atoms with Gasteiger partial charge in [0.1, 0.15) is 5.75 Å². The van der Waals surface area contributed by atoms with Crippen LogP contribution in [0, 0.1) is 0 Å². The van der Waals surface area contributed by atoms with Crippen LogP contribution in [-0.4, -0.2) is 52.4 Å². The smallest absolute Gasteiger partial charge is 0.119 e. The van der Waals surface area contributed by atoms with E-state index in [-0.39, 0.29) is 6.04 Å². The SMILES string of the molecule is CNC(CN(C)C(C)COC)c1cccc(OC)c1. The van der Waals surface area contributed by atoms with Crippen molar-refractivity contribution in [2.24, 2.45) is 0 Å². The molecular weight excluding hydrogens is 240 g/mol. The molecule has 1 N–H and O–H groups in total. The molecule has 0 radical (unpaired) electrons. The van der Waals surface area contributed by atoms with Crippen molar-refractivity contribution < 1.29 is 9.47 Å². The van der Waals surface area contributed by atoms with Crippen LogP contribution in [0.3, 0.4) is 0 Å². The van der Waals surface area contributed by atoms with Gasteiger partial charge in [-0.1, -0.05) is 12.1 Å². The summed E-state index contributed by atoms with van der Waals surface area (Å²) in [4.78, 5) is 2.30. The van der Waals surface area contributed by atoms with Gasteiger partial charge in [-0.15, -0.1) is 0 Å². The fourth-order valence-electron chi connectivity index (χ4n) is 2.06. The lowest BCUT2D eigenvalue weighted by molar-refractivity contribution is 0.110. The molecule has 0 aliphatic carbocycles. The summed E-state index contributed by atoms with van der Waals surface area (Å²) in [5.74, 6) is 0.894. The van der Waals surface area contributed by atoms with Crippen LogP contribution in [0.1, 0.15) is 18.5 Å². The predicted molar refractivity (Wildman–Crippen MR) is 78.8 cm³/mol. The summed E-state index contributed by atoms with van der Waals surface area (Å²) in [6, 6.07) is 8.87. The molecule has 0 amide bonds. The standard InChI is InChI=1S/C15H26N2O2/c1-12(11-18-4)17(3)10-15(16-2)13-7-6-8-14(9-13)19-5/h6-9,12,15-16H,10-11H2,1-5H3. The molecule has 0 heterocycles. The number of likely N-dealkylation sites (N-methyl/N-ethyl adjacent to an activating group) is 2. The molecule has 4 heteroatoms. The minimum Gasteiger partial charge on any atom is -0.497 e. The first-order chi connectivity index (χ1) is 9.12. The van der Waals surface area contributed by atoms with Crippen molar-refractivity contribution in [1.82, 2.24) is 10.2 Å². The van der Waals surface area contributed by atoms with E-state index in [9.17, 15) is 0 Å². The van der Waals surface area contributed by atoms with E-state index in [4.69, 9.17) is 9.47 Å². The van der Waals surface area contributed by atoms with Crippen molar-refractivity contribution in [2.45, 2.75) is 19.0 Å². The third-order valence-corrected chi connectivity index (χ3v) is 3.48. The molecule has 0 spiro atoms. The molecular formula is C15H26N2O2. The lowest BCUT2D eigenvalue weighted by atomic mass is 10.1. The average molecular weight is 266 g/mol. The van der Waals surface area contributed by atoms with Gasteiger partial charge in [0.2, 0.25) is 0 Å². The summed E-state index contributed by atoms with van der Waals surface area (Å²) in [5, 5.41) is 3.36. The van der Waals surface area contributed by atoms with Crippen LogP contribution in [0.4, 0.5) is 0 Å². The highest BCUT2D eigenvalue weighted by Gasteiger charge is 2.16. The molecule has 0 aliphatic heterocycles. The maximum absolute atomic E-state index is 5.28. The first-order valence-electron chi connectivity index (χ1n) is 6.62. The third kappa shape index (κ3) is 4.82. The van der Waals surface area contributed by atoms with E-state index in [1.165, 1.54) is 5.56 Å². The van der Waals surface area contributed by atoms with E-state index >= 15 is 0 Å². The molecule has 0 bridgehead atoms. The van der Waals surface area contributed by atoms with Gasteiger partial charge in [-0.25, -0.2) is 0 Å². The minimum atomic E-state index is 0.277. The molecule has 108 valence electrons. The number of rotatable bonds is 8. The molecule has 1 rings (SSSR count). The number of benzene rings is 1. The summed E-state index contributed by atoms with van der Waals surface area (Å²) in [6.45, 7) is 3.83. The highest BCUT2D eigenvalue weighted by molar-refractivity contribution is 5.30. The Morgan fingerprint density at radius 2 is 2.05 bits per heavy atom. The summed E-state index contributed by atoms with van der Waals surface area (Å²) in [5.41, 5.74) is 1.23. The third-order valence-electron chi connectivity index (χ3n) is 3.48. The number of nitrogens with zero attached hydrogens (tertiary/aromatic N) is 1. The van der Waals surface area contributed by atoms with Gasteiger partial charge in [-0.3, -0.25) is 4.90 Å². The van der Waals surface area contributed by atoms with Crippen molar-refractivity contribution in [3.05, 3.63) is 29.8 Å². The molecule has 1 aromatic rings. The van der Waals surface area contributed by atoms with Gasteiger partial charge in [0.25, 0.3) is 0 Å². The first kappa shape index (κ1) is 16.0. The van der Waals surface area contributed by atoms with Crippen LogP contribution >= 0.6 is 0 Å². The molecule has 0 fully saturated rings. The minimum absolute atomic E-state index is 0.277. The number of nitrogens with one attached hydrogen (secondary N) is 1. The van der Waals surface area contributed by atoms with Crippen molar-refractivity contribution in [3.8, 4) is 5.75 Å². The van der Waals surface area contributed by atoms with Crippen LogP contribution in [-0.2, 0) is 4.74 Å². The second-order valence-corrected chi connectivity index (χ2v) is 4.86. The lowest BCUT2D eigenvalue weighted by Gasteiger charge is -2.29. The van der Waals surface area contributed by atoms with Crippen molar-refractivity contribution in [1.29, 1.82) is 0 Å². The zero-order valence-electron chi connectivity index (χ0n) is 12.6. The van der Waals surface area contributed by atoms with Gasteiger partial charge in [-0.05, 0) is 38.7 Å². The summed E-state index contributed by atoms with van der Waals surface area (Å²) < 4.78 is 10.5. The Bertz CT molecular complexity index is 371. The number of hydrogen-bond donors (Lipinski definition) is 1. The maximum atomic E-state index is 5.28. The number of methoxy groups -OCH3 is 2. The maximum Gasteiger partial charge on any atom is 0.119 e. The van der Waals surface area contributed by atoms with E-state index in [1.54, 1.807) is 14.2 Å². The van der Waals surface area contributed by atoms with Crippen LogP contribution in [0.25, 0.3) is 0 Å². The predicted octanol–water partition coefficient (Wildman–Crippen LogP) is 1.92. The fraction of sp³-hybridized carbons (Fsp3) is 0.600. The second kappa shape index (κ2) is 8.15. The van der Waals surface area contributed by atoms with Gasteiger partial charge in [0, 0.05) is 25.7 Å². The molecule has 1 aromatic carbocycles. The number of ether oxygens (including phenoxy) is 2. The van der Waals surface area contributed by atoms with Crippen LogP contribution < -0.4 is 10.1 Å². The Morgan fingerprint density at radius 1 is 1.32 bits per heavy atom. The Labute approximate surface area is 116 Å². The lowest BCUT2D eigenvalue weighted by Crippen LogP contribution is -2.38. The van der Waals surface area contributed by atoms with Crippen molar-refractivity contribution >= 4 is 0 Å². The normalized spacial score (nSPS) is 14.4. The average Bonchev–Trinajstić information content (AvgIpc) is 2.44. The Morgan fingerprint density at radius 3 is 2.63 bits per heavy atom. The molecule has 0 saturated carbocycles. The number of hydrogen-bond acceptors (Lipinski definition) is 4. The summed E-state index contributed by atoms with van der Waals surface area (Å²) in [7, 11) is 7.54. The van der Waals surface area contributed by atoms with Gasteiger partial charge < -0.3 is 14.8 Å². The molecule has 2 unspecified atom stereocenters. The van der Waals surface area contributed by atoms with Crippen LogP contribution in [0.5, 0.6) is 5.75 Å². The zero-order chi connectivity index (χ0) is 14.3. The van der Waals surface area contributed by atoms with Gasteiger partial charge in [0.15, 0.2) is 0 Å². The highest BCUT2D eigenvalue weighted by Crippen LogP contribution is 2.20. The van der Waals surface area contributed by atoms with E-state index in [0.29, 0.717) is 6.04 Å². The molecule has 19 heavy (non-hydrogen) atoms. The topological polar surface area (TPSA) is 33.7 Å². The van der Waals surface area contributed by atoms with E-state index in [1.807, 2.05) is 19.2 Å². The molecule has 0 aliphatic rings. The fourth-order valence-corrected chi connectivity index (χ4v) is 2.06. The van der Waals surface area contributed by atoms with Gasteiger partial charge in [0.05, 0.1) is 13.7 Å². The highest BCUT2D eigenvalue weighted by atomic mass is 16.5. The first-order valence-corrected chi connectivity index (χ1v) is 6.62. The van der Waals surface area contributed by atoms with E-state index < -0.39 is 0 Å². The molecule has 4 nitrogen and oxygen atoms in total. The van der Waals surface area contributed by atoms with Crippen molar-refractivity contribution in [3.63, 3.8) is 0 Å². The quantitative estimate of drug-likeness (QED) is 0.779. The van der Waals surface area contributed by atoms with Crippen molar-refractivity contribution in [2.75, 3.05) is 41.5 Å². The monoisotopic (exact) mass is 266 g/mol. The molecule has 2 atom stereocenters. The zero-order valence-corrected chi connectivity index (χ0v) is 12.6. The summed E-state index contributed by atoms with van der Waals surface area (Å²) in [6.07, 6.45) is 0. The van der Waals surface area contributed by atoms with Crippen LogP contribution in [0.15, 0.2) is 24.3 Å². The molecule has 0 aromatic heterocycles. The Hall–Kier alpha value is -1.10. The van der Waals surface area contributed by atoms with E-state index in [2.05, 4.69) is 36.3 Å². The summed E-state index contributed by atoms with van der Waals surface area (Å²) >= 11 is 0. The second-order valence-electron chi connectivity index (χ2n) is 4.86.